The topological polar surface area (TPSA) is 120 Å². The molecule has 0 radical (unpaired) electrons. The third-order valence-electron chi connectivity index (χ3n) is 4.56. The number of ether oxygens (including phenoxy) is 2. The van der Waals surface area contributed by atoms with Crippen molar-refractivity contribution in [1.82, 2.24) is 5.32 Å². The van der Waals surface area contributed by atoms with Gasteiger partial charge < -0.3 is 25.8 Å². The Bertz CT molecular complexity index is 949. The number of amides is 3. The molecule has 2 aromatic rings. The Morgan fingerprint density at radius 2 is 1.68 bits per heavy atom. The van der Waals surface area contributed by atoms with Crippen LogP contribution in [0, 0.1) is 0 Å². The van der Waals surface area contributed by atoms with Crippen LogP contribution in [-0.2, 0) is 15.0 Å². The van der Waals surface area contributed by atoms with E-state index in [1.54, 1.807) is 31.2 Å². The molecule has 0 fully saturated rings. The first-order valence-corrected chi connectivity index (χ1v) is 9.82. The molecule has 0 aliphatic carbocycles. The van der Waals surface area contributed by atoms with Crippen LogP contribution in [0.4, 0.5) is 5.69 Å². The first kappa shape index (κ1) is 23.7. The quantitative estimate of drug-likeness (QED) is 0.598. The highest BCUT2D eigenvalue weighted by molar-refractivity contribution is 6.01. The second kappa shape index (κ2) is 9.97. The lowest BCUT2D eigenvalue weighted by Crippen LogP contribution is -2.41. The maximum absolute atomic E-state index is 12.5. The molecule has 0 bridgehead atoms. The molecule has 0 aliphatic heterocycles. The van der Waals surface area contributed by atoms with Gasteiger partial charge in [-0.25, -0.2) is 0 Å². The van der Waals surface area contributed by atoms with Gasteiger partial charge >= 0.3 is 0 Å². The van der Waals surface area contributed by atoms with Crippen molar-refractivity contribution in [2.24, 2.45) is 5.73 Å². The molecule has 0 heterocycles. The Kier molecular flexibility index (Phi) is 7.63. The molecular weight excluding hydrogens is 398 g/mol. The summed E-state index contributed by atoms with van der Waals surface area (Å²) in [5, 5.41) is 5.39. The number of hydrogen-bond donors (Lipinski definition) is 3. The lowest BCUT2D eigenvalue weighted by atomic mass is 9.86. The van der Waals surface area contributed by atoms with Crippen molar-refractivity contribution in [3.63, 3.8) is 0 Å². The first-order valence-electron chi connectivity index (χ1n) is 9.82. The minimum Gasteiger partial charge on any atom is -0.493 e. The maximum atomic E-state index is 12.5. The SMILES string of the molecule is COc1ccc(NC(=O)C(C)NC(=O)c2ccc(C(C)(C)C)cc2)cc1OCC(N)=O. The highest BCUT2D eigenvalue weighted by Gasteiger charge is 2.19. The van der Waals surface area contributed by atoms with E-state index < -0.39 is 17.9 Å². The van der Waals surface area contributed by atoms with Gasteiger partial charge in [-0.2, -0.15) is 0 Å². The average Bonchev–Trinajstić information content (AvgIpc) is 2.71. The van der Waals surface area contributed by atoms with Gasteiger partial charge in [-0.15, -0.1) is 0 Å². The second-order valence-corrected chi connectivity index (χ2v) is 8.13. The number of anilines is 1. The van der Waals surface area contributed by atoms with Crippen LogP contribution in [0.1, 0.15) is 43.6 Å². The van der Waals surface area contributed by atoms with Crippen LogP contribution in [0.25, 0.3) is 0 Å². The monoisotopic (exact) mass is 427 g/mol. The summed E-state index contributed by atoms with van der Waals surface area (Å²) in [4.78, 5) is 36.0. The van der Waals surface area contributed by atoms with E-state index in [9.17, 15) is 14.4 Å². The number of hydrogen-bond acceptors (Lipinski definition) is 5. The molecule has 31 heavy (non-hydrogen) atoms. The summed E-state index contributed by atoms with van der Waals surface area (Å²) in [6, 6.07) is 11.2. The third kappa shape index (κ3) is 6.74. The summed E-state index contributed by atoms with van der Waals surface area (Å²) in [6.45, 7) is 7.55. The number of primary amides is 1. The van der Waals surface area contributed by atoms with Crippen molar-refractivity contribution in [2.75, 3.05) is 19.0 Å². The van der Waals surface area contributed by atoms with Crippen molar-refractivity contribution < 1.29 is 23.9 Å². The van der Waals surface area contributed by atoms with Gasteiger partial charge in [0.2, 0.25) is 5.91 Å². The summed E-state index contributed by atoms with van der Waals surface area (Å²) in [6.07, 6.45) is 0. The molecule has 0 aliphatic rings. The van der Waals surface area contributed by atoms with Crippen molar-refractivity contribution in [3.8, 4) is 11.5 Å². The molecule has 0 saturated carbocycles. The van der Waals surface area contributed by atoms with E-state index in [1.165, 1.54) is 13.2 Å². The lowest BCUT2D eigenvalue weighted by Gasteiger charge is -2.19. The number of nitrogens with two attached hydrogens (primary N) is 1. The number of benzene rings is 2. The fourth-order valence-electron chi connectivity index (χ4n) is 2.73. The van der Waals surface area contributed by atoms with Crippen LogP contribution in [0.2, 0.25) is 0 Å². The summed E-state index contributed by atoms with van der Waals surface area (Å²) < 4.78 is 10.5. The molecule has 8 nitrogen and oxygen atoms in total. The summed E-state index contributed by atoms with van der Waals surface area (Å²) in [7, 11) is 1.45. The Morgan fingerprint density at radius 3 is 2.23 bits per heavy atom. The van der Waals surface area contributed by atoms with Gasteiger partial charge in [0.25, 0.3) is 11.8 Å². The van der Waals surface area contributed by atoms with Crippen molar-refractivity contribution in [3.05, 3.63) is 53.6 Å². The van der Waals surface area contributed by atoms with Crippen LogP contribution < -0.4 is 25.8 Å². The van der Waals surface area contributed by atoms with Crippen molar-refractivity contribution in [2.45, 2.75) is 39.2 Å². The van der Waals surface area contributed by atoms with Gasteiger partial charge in [0.1, 0.15) is 6.04 Å². The zero-order valence-corrected chi connectivity index (χ0v) is 18.4. The second-order valence-electron chi connectivity index (χ2n) is 8.13. The van der Waals surface area contributed by atoms with E-state index in [0.29, 0.717) is 17.0 Å². The van der Waals surface area contributed by atoms with E-state index in [4.69, 9.17) is 15.2 Å². The molecule has 8 heteroatoms. The number of carbonyl (C=O) groups is 3. The zero-order chi connectivity index (χ0) is 23.2. The van der Waals surface area contributed by atoms with Gasteiger partial charge in [0.15, 0.2) is 18.1 Å². The molecule has 1 atom stereocenters. The third-order valence-corrected chi connectivity index (χ3v) is 4.56. The standard InChI is InChI=1S/C23H29N3O5/c1-14(25-22(29)15-6-8-16(9-7-15)23(2,3)4)21(28)26-17-10-11-18(30-5)19(12-17)31-13-20(24)27/h6-12,14H,13H2,1-5H3,(H2,24,27)(H,25,29)(H,26,28). The summed E-state index contributed by atoms with van der Waals surface area (Å²) in [5.74, 6) is -0.744. The molecule has 0 saturated heterocycles. The lowest BCUT2D eigenvalue weighted by molar-refractivity contribution is -0.120. The Labute approximate surface area is 182 Å². The van der Waals surface area contributed by atoms with Gasteiger partial charge in [0.05, 0.1) is 7.11 Å². The fraction of sp³-hybridized carbons (Fsp3) is 0.348. The molecular formula is C23H29N3O5. The predicted molar refractivity (Wildman–Crippen MR) is 118 cm³/mol. The summed E-state index contributed by atoms with van der Waals surface area (Å²) in [5.41, 5.74) is 7.09. The Balaban J connectivity index is 2.02. The molecule has 0 aromatic heterocycles. The molecule has 2 rings (SSSR count). The Morgan fingerprint density at radius 1 is 1.03 bits per heavy atom. The van der Waals surface area contributed by atoms with E-state index in [1.807, 2.05) is 12.1 Å². The number of methoxy groups -OCH3 is 1. The van der Waals surface area contributed by atoms with Crippen molar-refractivity contribution in [1.29, 1.82) is 0 Å². The molecule has 4 N–H and O–H groups in total. The van der Waals surface area contributed by atoms with Gasteiger partial charge in [-0.3, -0.25) is 14.4 Å². The average molecular weight is 428 g/mol. The molecule has 0 spiro atoms. The summed E-state index contributed by atoms with van der Waals surface area (Å²) >= 11 is 0. The van der Waals surface area contributed by atoms with E-state index in [-0.39, 0.29) is 23.7 Å². The maximum Gasteiger partial charge on any atom is 0.255 e. The molecule has 2 aromatic carbocycles. The fourth-order valence-corrected chi connectivity index (χ4v) is 2.73. The highest BCUT2D eigenvalue weighted by atomic mass is 16.5. The smallest absolute Gasteiger partial charge is 0.255 e. The molecule has 166 valence electrons. The number of nitrogens with one attached hydrogen (secondary N) is 2. The van der Waals surface area contributed by atoms with Crippen LogP contribution in [-0.4, -0.2) is 37.5 Å². The van der Waals surface area contributed by atoms with E-state index in [2.05, 4.69) is 31.4 Å². The van der Waals surface area contributed by atoms with Crippen molar-refractivity contribution >= 4 is 23.4 Å². The predicted octanol–water partition coefficient (Wildman–Crippen LogP) is 2.61. The normalized spacial score (nSPS) is 11.9. The van der Waals surface area contributed by atoms with E-state index in [0.717, 1.165) is 5.56 Å². The Hall–Kier alpha value is -3.55. The van der Waals surface area contributed by atoms with Crippen LogP contribution in [0.3, 0.4) is 0 Å². The van der Waals surface area contributed by atoms with Crippen LogP contribution in [0.5, 0.6) is 11.5 Å². The first-order chi connectivity index (χ1) is 14.5. The minimum absolute atomic E-state index is 0.0133. The minimum atomic E-state index is -0.785. The molecule has 1 unspecified atom stereocenters. The van der Waals surface area contributed by atoms with Crippen LogP contribution >= 0.6 is 0 Å². The zero-order valence-electron chi connectivity index (χ0n) is 18.4. The molecule has 3 amide bonds. The number of rotatable bonds is 8. The van der Waals surface area contributed by atoms with Gasteiger partial charge in [-0.1, -0.05) is 32.9 Å². The van der Waals surface area contributed by atoms with Crippen LogP contribution in [0.15, 0.2) is 42.5 Å². The largest absolute Gasteiger partial charge is 0.493 e. The van der Waals surface area contributed by atoms with Gasteiger partial charge in [-0.05, 0) is 42.2 Å². The van der Waals surface area contributed by atoms with Gasteiger partial charge in [0, 0.05) is 17.3 Å². The highest BCUT2D eigenvalue weighted by Crippen LogP contribution is 2.30. The number of carbonyl (C=O) groups excluding carboxylic acids is 3. The van der Waals surface area contributed by atoms with E-state index >= 15 is 0 Å².